The molecule has 1 aliphatic heterocycles. The van der Waals surface area contributed by atoms with Crippen molar-refractivity contribution in [3.63, 3.8) is 0 Å². The SMILES string of the molecule is Nc1nc2cc(-c3cc[nH]n3)ccc2c2[nH]c(CN3CCOCC3=O)nc12. The quantitative estimate of drug-likeness (QED) is 0.506. The van der Waals surface area contributed by atoms with Gasteiger partial charge in [-0.05, 0) is 18.2 Å². The molecule has 1 fully saturated rings. The van der Waals surface area contributed by atoms with E-state index in [1.165, 1.54) is 0 Å². The van der Waals surface area contributed by atoms with Gasteiger partial charge in [-0.1, -0.05) is 6.07 Å². The molecule has 136 valence electrons. The normalized spacial score (nSPS) is 15.1. The molecule has 0 atom stereocenters. The third-order valence-corrected chi connectivity index (χ3v) is 4.72. The predicted octanol–water partition coefficient (Wildman–Crippen LogP) is 1.44. The Bertz CT molecular complexity index is 1150. The molecule has 4 heterocycles. The number of ether oxygens (including phenoxy) is 1. The molecule has 4 aromatic rings. The van der Waals surface area contributed by atoms with E-state index in [4.69, 9.17) is 10.5 Å². The number of benzene rings is 1. The van der Waals surface area contributed by atoms with E-state index in [1.54, 1.807) is 11.1 Å². The number of carbonyl (C=O) groups excluding carboxylic acids is 1. The second-order valence-corrected chi connectivity index (χ2v) is 6.46. The van der Waals surface area contributed by atoms with Gasteiger partial charge < -0.3 is 20.4 Å². The summed E-state index contributed by atoms with van der Waals surface area (Å²) in [7, 11) is 0. The number of carbonyl (C=O) groups is 1. The number of nitrogens with two attached hydrogens (primary N) is 1. The molecule has 27 heavy (non-hydrogen) atoms. The standard InChI is InChI=1S/C18H17N7O2/c19-18-17-16(22-14(23-17)8-25-5-6-27-9-15(25)26)11-2-1-10(7-13(11)21-18)12-3-4-20-24-12/h1-4,7H,5-6,8-9H2,(H2,19,21)(H,20,24)(H,22,23). The van der Waals surface area contributed by atoms with Gasteiger partial charge in [0.2, 0.25) is 5.91 Å². The van der Waals surface area contributed by atoms with E-state index in [2.05, 4.69) is 25.1 Å². The van der Waals surface area contributed by atoms with E-state index in [9.17, 15) is 4.79 Å². The van der Waals surface area contributed by atoms with Gasteiger partial charge >= 0.3 is 0 Å². The van der Waals surface area contributed by atoms with Crippen molar-refractivity contribution in [3.05, 3.63) is 36.3 Å². The highest BCUT2D eigenvalue weighted by Crippen LogP contribution is 2.29. The van der Waals surface area contributed by atoms with Crippen LogP contribution in [0.2, 0.25) is 0 Å². The van der Waals surface area contributed by atoms with Gasteiger partial charge in [-0.3, -0.25) is 9.89 Å². The summed E-state index contributed by atoms with van der Waals surface area (Å²) in [6, 6.07) is 7.82. The van der Waals surface area contributed by atoms with Gasteiger partial charge in [0, 0.05) is 23.7 Å². The lowest BCUT2D eigenvalue weighted by molar-refractivity contribution is -0.143. The Morgan fingerprint density at radius 3 is 3.00 bits per heavy atom. The van der Waals surface area contributed by atoms with E-state index < -0.39 is 0 Å². The van der Waals surface area contributed by atoms with Crippen molar-refractivity contribution < 1.29 is 9.53 Å². The first-order chi connectivity index (χ1) is 13.2. The van der Waals surface area contributed by atoms with Crippen LogP contribution in [0.4, 0.5) is 5.82 Å². The molecular formula is C18H17N7O2. The Balaban J connectivity index is 1.58. The van der Waals surface area contributed by atoms with Crippen molar-refractivity contribution in [1.29, 1.82) is 0 Å². The number of nitrogens with one attached hydrogen (secondary N) is 2. The van der Waals surface area contributed by atoms with E-state index in [0.29, 0.717) is 36.9 Å². The highest BCUT2D eigenvalue weighted by molar-refractivity contribution is 6.07. The zero-order valence-electron chi connectivity index (χ0n) is 14.4. The summed E-state index contributed by atoms with van der Waals surface area (Å²) in [4.78, 5) is 26.1. The number of nitrogens with zero attached hydrogens (tertiary/aromatic N) is 4. The number of pyridine rings is 1. The summed E-state index contributed by atoms with van der Waals surface area (Å²) >= 11 is 0. The van der Waals surface area contributed by atoms with Crippen molar-refractivity contribution in [2.75, 3.05) is 25.5 Å². The molecule has 5 rings (SSSR count). The van der Waals surface area contributed by atoms with Gasteiger partial charge in [0.05, 0.1) is 29.9 Å². The molecule has 9 heteroatoms. The van der Waals surface area contributed by atoms with E-state index in [1.807, 2.05) is 24.3 Å². The number of amides is 1. The van der Waals surface area contributed by atoms with Crippen molar-refractivity contribution in [3.8, 4) is 11.3 Å². The number of aromatic amines is 2. The second-order valence-electron chi connectivity index (χ2n) is 6.46. The average Bonchev–Trinajstić information content (AvgIpc) is 3.33. The van der Waals surface area contributed by atoms with Gasteiger partial charge in [0.1, 0.15) is 17.9 Å². The Kier molecular flexibility index (Phi) is 3.54. The van der Waals surface area contributed by atoms with Crippen LogP contribution < -0.4 is 5.73 Å². The summed E-state index contributed by atoms with van der Waals surface area (Å²) in [6.07, 6.45) is 1.78. The third kappa shape index (κ3) is 2.68. The monoisotopic (exact) mass is 363 g/mol. The predicted molar refractivity (Wildman–Crippen MR) is 99.6 cm³/mol. The number of anilines is 1. The summed E-state index contributed by atoms with van der Waals surface area (Å²) in [5, 5.41) is 7.93. The molecule has 4 N–H and O–H groups in total. The molecular weight excluding hydrogens is 346 g/mol. The van der Waals surface area contributed by atoms with Crippen LogP contribution in [0.5, 0.6) is 0 Å². The Hall–Kier alpha value is -3.46. The van der Waals surface area contributed by atoms with Gasteiger partial charge in [-0.2, -0.15) is 5.10 Å². The number of nitrogen functional groups attached to an aromatic ring is 1. The molecule has 9 nitrogen and oxygen atoms in total. The minimum Gasteiger partial charge on any atom is -0.382 e. The van der Waals surface area contributed by atoms with Crippen LogP contribution in [0, 0.1) is 0 Å². The molecule has 0 radical (unpaired) electrons. The first kappa shape index (κ1) is 15.8. The third-order valence-electron chi connectivity index (χ3n) is 4.72. The largest absolute Gasteiger partial charge is 0.382 e. The average molecular weight is 363 g/mol. The molecule has 3 aromatic heterocycles. The molecule has 1 amide bonds. The molecule has 0 unspecified atom stereocenters. The highest BCUT2D eigenvalue weighted by Gasteiger charge is 2.21. The molecule has 0 saturated carbocycles. The fourth-order valence-electron chi connectivity index (χ4n) is 3.37. The topological polar surface area (TPSA) is 126 Å². The molecule has 0 aliphatic carbocycles. The fraction of sp³-hybridized carbons (Fsp3) is 0.222. The van der Waals surface area contributed by atoms with Crippen molar-refractivity contribution >= 4 is 33.7 Å². The lowest BCUT2D eigenvalue weighted by Gasteiger charge is -2.25. The minimum absolute atomic E-state index is 0.0405. The lowest BCUT2D eigenvalue weighted by atomic mass is 10.1. The van der Waals surface area contributed by atoms with Crippen molar-refractivity contribution in [2.24, 2.45) is 0 Å². The lowest BCUT2D eigenvalue weighted by Crippen LogP contribution is -2.41. The first-order valence-corrected chi connectivity index (χ1v) is 8.62. The Labute approximate surface area is 153 Å². The number of hydrogen-bond acceptors (Lipinski definition) is 6. The molecule has 0 spiro atoms. The molecule has 1 aliphatic rings. The molecule has 0 bridgehead atoms. The zero-order valence-corrected chi connectivity index (χ0v) is 14.4. The number of imidazole rings is 1. The summed E-state index contributed by atoms with van der Waals surface area (Å²) in [5.41, 5.74) is 10.1. The van der Waals surface area contributed by atoms with Crippen LogP contribution >= 0.6 is 0 Å². The summed E-state index contributed by atoms with van der Waals surface area (Å²) in [6.45, 7) is 1.60. The van der Waals surface area contributed by atoms with Crippen molar-refractivity contribution in [2.45, 2.75) is 6.54 Å². The van der Waals surface area contributed by atoms with Crippen LogP contribution in [-0.4, -0.2) is 55.7 Å². The summed E-state index contributed by atoms with van der Waals surface area (Å²) in [5.74, 6) is 0.992. The van der Waals surface area contributed by atoms with Gasteiger partial charge in [0.15, 0.2) is 5.82 Å². The number of fused-ring (bicyclic) bond motifs is 3. The number of hydrogen-bond donors (Lipinski definition) is 3. The fourth-order valence-corrected chi connectivity index (χ4v) is 3.37. The van der Waals surface area contributed by atoms with Crippen LogP contribution in [0.3, 0.4) is 0 Å². The van der Waals surface area contributed by atoms with Crippen LogP contribution in [-0.2, 0) is 16.1 Å². The van der Waals surface area contributed by atoms with E-state index >= 15 is 0 Å². The van der Waals surface area contributed by atoms with Crippen LogP contribution in [0.1, 0.15) is 5.82 Å². The Morgan fingerprint density at radius 1 is 1.26 bits per heavy atom. The number of H-pyrrole nitrogens is 2. The number of morpholine rings is 1. The zero-order chi connectivity index (χ0) is 18.4. The maximum atomic E-state index is 12.0. The minimum atomic E-state index is -0.0405. The van der Waals surface area contributed by atoms with Gasteiger partial charge in [-0.15, -0.1) is 0 Å². The number of rotatable bonds is 3. The van der Waals surface area contributed by atoms with E-state index in [-0.39, 0.29) is 12.5 Å². The van der Waals surface area contributed by atoms with Crippen molar-refractivity contribution in [1.82, 2.24) is 30.0 Å². The van der Waals surface area contributed by atoms with Gasteiger partial charge in [0.25, 0.3) is 0 Å². The smallest absolute Gasteiger partial charge is 0.249 e. The van der Waals surface area contributed by atoms with Crippen LogP contribution in [0.25, 0.3) is 33.2 Å². The summed E-state index contributed by atoms with van der Waals surface area (Å²) < 4.78 is 5.17. The second kappa shape index (κ2) is 6.06. The van der Waals surface area contributed by atoms with E-state index in [0.717, 1.165) is 27.7 Å². The highest BCUT2D eigenvalue weighted by atomic mass is 16.5. The van der Waals surface area contributed by atoms with Crippen LogP contribution in [0.15, 0.2) is 30.5 Å². The van der Waals surface area contributed by atoms with Gasteiger partial charge in [-0.25, -0.2) is 9.97 Å². The number of aromatic nitrogens is 5. The maximum absolute atomic E-state index is 12.0. The maximum Gasteiger partial charge on any atom is 0.249 e. The molecule has 1 saturated heterocycles. The first-order valence-electron chi connectivity index (χ1n) is 8.62. The Morgan fingerprint density at radius 2 is 2.19 bits per heavy atom. The molecule has 1 aromatic carbocycles.